The van der Waals surface area contributed by atoms with Gasteiger partial charge < -0.3 is 9.80 Å². The topological polar surface area (TPSA) is 110 Å². The number of hydrogen-bond acceptors (Lipinski definition) is 6. The molecule has 1 saturated heterocycles. The fraction of sp³-hybridized carbons (Fsp3) is 0.278. The van der Waals surface area contributed by atoms with Crippen molar-refractivity contribution in [2.24, 2.45) is 0 Å². The molecule has 2 aromatic carbocycles. The molecule has 3 rings (SSSR count). The number of nitro groups is 2. The zero-order valence-electron chi connectivity index (χ0n) is 15.6. The Kier molecular flexibility index (Phi) is 6.02. The molecule has 1 aliphatic heterocycles. The van der Waals surface area contributed by atoms with Gasteiger partial charge in [0.1, 0.15) is 0 Å². The van der Waals surface area contributed by atoms with Crippen LogP contribution in [0.4, 0.5) is 30.2 Å². The largest absolute Gasteiger partial charge is 0.416 e. The second-order valence-electron chi connectivity index (χ2n) is 6.66. The predicted octanol–water partition coefficient (Wildman–Crippen LogP) is 4.14. The first-order valence-electron chi connectivity index (χ1n) is 8.83. The Labute approximate surface area is 177 Å². The number of carbonyl (C=O) groups excluding carboxylic acids is 1. The van der Waals surface area contributed by atoms with Crippen molar-refractivity contribution in [3.05, 3.63) is 72.8 Å². The first kappa shape index (κ1) is 22.3. The third-order valence-electron chi connectivity index (χ3n) is 4.76. The van der Waals surface area contributed by atoms with Gasteiger partial charge in [-0.15, -0.1) is 0 Å². The highest BCUT2D eigenvalue weighted by molar-refractivity contribution is 6.30. The molecule has 1 amide bonds. The molecule has 0 atom stereocenters. The number of hydrogen-bond donors (Lipinski definition) is 0. The highest BCUT2D eigenvalue weighted by atomic mass is 35.5. The number of anilines is 1. The lowest BCUT2D eigenvalue weighted by Crippen LogP contribution is -2.49. The average Bonchev–Trinajstić information content (AvgIpc) is 2.72. The van der Waals surface area contributed by atoms with Crippen LogP contribution < -0.4 is 4.90 Å². The predicted molar refractivity (Wildman–Crippen MR) is 104 cm³/mol. The standard InChI is InChI=1S/C18H14ClF3N4O5/c19-13-3-1-11(2-4-13)17(27)24-7-5-23(6-8-24)16-14(25(28)29)9-12(18(20,21)22)10-15(16)26(30)31/h1-4,9-10H,5-8H2. The Hall–Kier alpha value is -3.41. The van der Waals surface area contributed by atoms with E-state index >= 15 is 0 Å². The molecule has 0 N–H and O–H groups in total. The van der Waals surface area contributed by atoms with E-state index in [9.17, 15) is 38.2 Å². The summed E-state index contributed by atoms with van der Waals surface area (Å²) in [5, 5.41) is 23.3. The maximum atomic E-state index is 13.1. The normalized spacial score (nSPS) is 14.5. The van der Waals surface area contributed by atoms with Gasteiger partial charge in [-0.3, -0.25) is 25.0 Å². The lowest BCUT2D eigenvalue weighted by atomic mass is 10.1. The minimum absolute atomic E-state index is 0.0353. The maximum absolute atomic E-state index is 13.1. The summed E-state index contributed by atoms with van der Waals surface area (Å²) in [6.07, 6.45) is -4.99. The van der Waals surface area contributed by atoms with Crippen molar-refractivity contribution in [3.63, 3.8) is 0 Å². The lowest BCUT2D eigenvalue weighted by molar-refractivity contribution is -0.393. The van der Waals surface area contributed by atoms with E-state index in [0.717, 1.165) is 0 Å². The van der Waals surface area contributed by atoms with Crippen molar-refractivity contribution in [1.29, 1.82) is 0 Å². The summed E-state index contributed by atoms with van der Waals surface area (Å²) >= 11 is 5.80. The number of piperazine rings is 1. The minimum Gasteiger partial charge on any atom is -0.357 e. The molecule has 0 bridgehead atoms. The van der Waals surface area contributed by atoms with E-state index in [1.165, 1.54) is 21.9 Å². The molecule has 0 aromatic heterocycles. The molecule has 0 radical (unpaired) electrons. The molecule has 0 spiro atoms. The van der Waals surface area contributed by atoms with Crippen LogP contribution in [0.1, 0.15) is 15.9 Å². The van der Waals surface area contributed by atoms with E-state index in [1.807, 2.05) is 0 Å². The van der Waals surface area contributed by atoms with Crippen LogP contribution in [0.15, 0.2) is 36.4 Å². The Morgan fingerprint density at radius 1 is 0.935 bits per heavy atom. The number of nitrogens with zero attached hydrogens (tertiary/aromatic N) is 4. The van der Waals surface area contributed by atoms with Gasteiger partial charge in [0.25, 0.3) is 17.3 Å². The van der Waals surface area contributed by atoms with Gasteiger partial charge in [-0.1, -0.05) is 11.6 Å². The second-order valence-corrected chi connectivity index (χ2v) is 7.10. The van der Waals surface area contributed by atoms with Gasteiger partial charge in [-0.25, -0.2) is 0 Å². The van der Waals surface area contributed by atoms with Crippen molar-refractivity contribution in [2.75, 3.05) is 31.1 Å². The van der Waals surface area contributed by atoms with Crippen molar-refractivity contribution >= 4 is 34.6 Å². The fourth-order valence-electron chi connectivity index (χ4n) is 3.28. The summed E-state index contributed by atoms with van der Waals surface area (Å²) in [5.41, 5.74) is -3.66. The number of amides is 1. The lowest BCUT2D eigenvalue weighted by Gasteiger charge is -2.35. The van der Waals surface area contributed by atoms with Gasteiger partial charge in [0.15, 0.2) is 5.69 Å². The van der Waals surface area contributed by atoms with E-state index in [0.29, 0.717) is 10.6 Å². The fourth-order valence-corrected chi connectivity index (χ4v) is 3.40. The van der Waals surface area contributed by atoms with Crippen molar-refractivity contribution in [1.82, 2.24) is 4.90 Å². The molecule has 164 valence electrons. The van der Waals surface area contributed by atoms with Crippen LogP contribution in [-0.4, -0.2) is 46.8 Å². The number of alkyl halides is 3. The van der Waals surface area contributed by atoms with Gasteiger partial charge >= 0.3 is 6.18 Å². The van der Waals surface area contributed by atoms with Crippen LogP contribution >= 0.6 is 11.6 Å². The van der Waals surface area contributed by atoms with Crippen LogP contribution in [0.3, 0.4) is 0 Å². The van der Waals surface area contributed by atoms with E-state index in [1.54, 1.807) is 12.1 Å². The molecule has 1 heterocycles. The molecule has 0 saturated carbocycles. The molecule has 0 unspecified atom stereocenters. The molecule has 31 heavy (non-hydrogen) atoms. The highest BCUT2D eigenvalue weighted by Gasteiger charge is 2.40. The Balaban J connectivity index is 1.90. The summed E-state index contributed by atoms with van der Waals surface area (Å²) in [5.74, 6) is -0.326. The maximum Gasteiger partial charge on any atom is 0.416 e. The smallest absolute Gasteiger partial charge is 0.357 e. The van der Waals surface area contributed by atoms with Crippen molar-refractivity contribution < 1.29 is 27.8 Å². The average molecular weight is 459 g/mol. The van der Waals surface area contributed by atoms with Gasteiger partial charge in [-0.05, 0) is 24.3 Å². The van der Waals surface area contributed by atoms with Gasteiger partial charge in [0.05, 0.1) is 15.4 Å². The Morgan fingerprint density at radius 3 is 1.84 bits per heavy atom. The van der Waals surface area contributed by atoms with Gasteiger partial charge in [-0.2, -0.15) is 13.2 Å². The number of halogens is 4. The molecular formula is C18H14ClF3N4O5. The quantitative estimate of drug-likeness (QED) is 0.503. The molecule has 9 nitrogen and oxygen atoms in total. The van der Waals surface area contributed by atoms with Crippen molar-refractivity contribution in [3.8, 4) is 0 Å². The van der Waals surface area contributed by atoms with E-state index < -0.39 is 38.6 Å². The minimum atomic E-state index is -4.99. The summed E-state index contributed by atoms with van der Waals surface area (Å²) in [6, 6.07) is 6.71. The number of nitro benzene ring substituents is 2. The first-order valence-corrected chi connectivity index (χ1v) is 9.20. The molecule has 0 aliphatic carbocycles. The summed E-state index contributed by atoms with van der Waals surface area (Å²) in [4.78, 5) is 36.0. The van der Waals surface area contributed by atoms with E-state index in [2.05, 4.69) is 0 Å². The third kappa shape index (κ3) is 4.68. The molecule has 13 heteroatoms. The van der Waals surface area contributed by atoms with Gasteiger partial charge in [0, 0.05) is 48.9 Å². The highest BCUT2D eigenvalue weighted by Crippen LogP contribution is 2.43. The number of carbonyl (C=O) groups is 1. The van der Waals surface area contributed by atoms with Crippen molar-refractivity contribution in [2.45, 2.75) is 6.18 Å². The van der Waals surface area contributed by atoms with E-state index in [-0.39, 0.29) is 44.2 Å². The zero-order chi connectivity index (χ0) is 22.9. The number of benzene rings is 2. The zero-order valence-corrected chi connectivity index (χ0v) is 16.4. The Morgan fingerprint density at radius 2 is 1.42 bits per heavy atom. The van der Waals surface area contributed by atoms with Gasteiger partial charge in [0.2, 0.25) is 0 Å². The monoisotopic (exact) mass is 458 g/mol. The van der Waals surface area contributed by atoms with E-state index in [4.69, 9.17) is 11.6 Å². The molecule has 2 aromatic rings. The van der Waals surface area contributed by atoms with Crippen LogP contribution in [0.5, 0.6) is 0 Å². The van der Waals surface area contributed by atoms with Crippen LogP contribution in [0, 0.1) is 20.2 Å². The molecule has 1 fully saturated rings. The van der Waals surface area contributed by atoms with Crippen LogP contribution in [0.25, 0.3) is 0 Å². The third-order valence-corrected chi connectivity index (χ3v) is 5.02. The molecule has 1 aliphatic rings. The Bertz CT molecular complexity index is 1000. The SMILES string of the molecule is O=C(c1ccc(Cl)cc1)N1CCN(c2c([N+](=O)[O-])cc(C(F)(F)F)cc2[N+](=O)[O-])CC1. The number of rotatable bonds is 4. The van der Waals surface area contributed by atoms with Crippen LogP contribution in [0.2, 0.25) is 5.02 Å². The summed E-state index contributed by atoms with van der Waals surface area (Å²) in [7, 11) is 0. The summed E-state index contributed by atoms with van der Waals surface area (Å²) in [6.45, 7) is 0.0618. The first-order chi connectivity index (χ1) is 14.5. The second kappa shape index (κ2) is 8.38. The molecular weight excluding hydrogens is 445 g/mol. The summed E-state index contributed by atoms with van der Waals surface area (Å²) < 4.78 is 39.2. The van der Waals surface area contributed by atoms with Crippen LogP contribution in [-0.2, 0) is 6.18 Å².